The van der Waals surface area contributed by atoms with Gasteiger partial charge in [-0.3, -0.25) is 0 Å². The second-order valence-electron chi connectivity index (χ2n) is 2.85. The zero-order valence-electron chi connectivity index (χ0n) is 10.9. The molecular weight excluding hydrogens is 283 g/mol. The summed E-state index contributed by atoms with van der Waals surface area (Å²) in [6, 6.07) is 0. The number of rotatable bonds is 10. The Kier molecular flexibility index (Phi) is 9.00. The Morgan fingerprint density at radius 1 is 0.882 bits per heavy atom. The first-order valence-corrected chi connectivity index (χ1v) is 9.69. The van der Waals surface area contributed by atoms with Crippen LogP contribution in [0, 0.1) is 0 Å². The van der Waals surface area contributed by atoms with E-state index in [9.17, 15) is 0 Å². The van der Waals surface area contributed by atoms with Gasteiger partial charge < -0.3 is 26.8 Å². The van der Waals surface area contributed by atoms with Gasteiger partial charge in [-0.1, -0.05) is 0 Å². The summed E-state index contributed by atoms with van der Waals surface area (Å²) < 4.78 is 31.8. The van der Waals surface area contributed by atoms with Crippen LogP contribution in [-0.4, -0.2) is 49.6 Å². The van der Waals surface area contributed by atoms with E-state index >= 15 is 0 Å². The Morgan fingerprint density at radius 2 is 1.29 bits per heavy atom. The molecule has 0 aliphatic carbocycles. The van der Waals surface area contributed by atoms with Gasteiger partial charge in [0.25, 0.3) is 0 Å². The van der Waals surface area contributed by atoms with Crippen LogP contribution in [0.15, 0.2) is 0 Å². The van der Waals surface area contributed by atoms with E-state index in [4.69, 9.17) is 38.7 Å². The molecule has 6 nitrogen and oxygen atoms in total. The van der Waals surface area contributed by atoms with Crippen LogP contribution in [0.25, 0.3) is 0 Å². The summed E-state index contributed by atoms with van der Waals surface area (Å²) in [6.45, 7) is 1.79. The van der Waals surface area contributed by atoms with Crippen molar-refractivity contribution in [1.82, 2.24) is 0 Å². The maximum Gasteiger partial charge on any atom is 0.527 e. The first-order chi connectivity index (χ1) is 8.01. The minimum Gasteiger partial charge on any atom is -0.375 e. The van der Waals surface area contributed by atoms with E-state index in [1.165, 1.54) is 21.3 Å². The van der Waals surface area contributed by atoms with Gasteiger partial charge in [-0.05, 0) is 25.7 Å². The first-order valence-electron chi connectivity index (χ1n) is 5.20. The van der Waals surface area contributed by atoms with Crippen molar-refractivity contribution in [2.75, 3.05) is 40.8 Å². The lowest BCUT2D eigenvalue weighted by molar-refractivity contribution is 0.0889. The zero-order valence-corrected chi connectivity index (χ0v) is 13.6. The molecule has 104 valence electrons. The molecule has 17 heavy (non-hydrogen) atoms. The quantitative estimate of drug-likeness (QED) is 0.450. The van der Waals surface area contributed by atoms with Crippen LogP contribution >= 0.6 is 6.72 Å². The largest absolute Gasteiger partial charge is 0.527 e. The lowest BCUT2D eigenvalue weighted by atomic mass is 10.9. The molecule has 0 amide bonds. The third-order valence-electron chi connectivity index (χ3n) is 1.91. The van der Waals surface area contributed by atoms with Crippen molar-refractivity contribution < 1.29 is 26.8 Å². The Morgan fingerprint density at radius 3 is 1.59 bits per heavy atom. The molecule has 0 atom stereocenters. The van der Waals surface area contributed by atoms with Crippen molar-refractivity contribution >= 4 is 27.3 Å². The normalized spacial score (nSPS) is 13.0. The molecule has 0 spiro atoms. The van der Waals surface area contributed by atoms with Crippen molar-refractivity contribution in [2.24, 2.45) is 0 Å². The van der Waals surface area contributed by atoms with E-state index in [0.717, 1.165) is 0 Å². The summed E-state index contributed by atoms with van der Waals surface area (Å²) in [7, 11) is 1.72. The molecule has 0 saturated heterocycles. The number of hydrogen-bond donors (Lipinski definition) is 0. The van der Waals surface area contributed by atoms with Gasteiger partial charge in [0, 0.05) is 21.3 Å². The Hall–Kier alpha value is 0.627. The molecule has 0 fully saturated rings. The maximum atomic E-state index is 5.52. The van der Waals surface area contributed by atoms with Crippen molar-refractivity contribution in [3.63, 3.8) is 0 Å². The predicted octanol–water partition coefficient (Wildman–Crippen LogP) is 1.72. The lowest BCUT2D eigenvalue weighted by Gasteiger charge is -2.27. The van der Waals surface area contributed by atoms with Gasteiger partial charge in [-0.2, -0.15) is 0 Å². The van der Waals surface area contributed by atoms with E-state index in [2.05, 4.69) is 0 Å². The second kappa shape index (κ2) is 8.68. The molecule has 0 aliphatic rings. The summed E-state index contributed by atoms with van der Waals surface area (Å²) in [5.41, 5.74) is 0. The van der Waals surface area contributed by atoms with Gasteiger partial charge in [-0.25, -0.2) is 0 Å². The predicted molar refractivity (Wildman–Crippen MR) is 70.3 cm³/mol. The Balaban J connectivity index is 4.52. The molecule has 0 N–H and O–H groups in total. The van der Waals surface area contributed by atoms with E-state index in [1.54, 1.807) is 0 Å². The van der Waals surface area contributed by atoms with Gasteiger partial charge in [0.05, 0.1) is 13.2 Å². The highest BCUT2D eigenvalue weighted by Crippen LogP contribution is 2.50. The van der Waals surface area contributed by atoms with Crippen molar-refractivity contribution in [3.8, 4) is 0 Å². The van der Waals surface area contributed by atoms with Gasteiger partial charge >= 0.3 is 15.5 Å². The van der Waals surface area contributed by atoms with Gasteiger partial charge in [0.15, 0.2) is 0 Å². The Labute approximate surface area is 109 Å². The fourth-order valence-electron chi connectivity index (χ4n) is 1.01. The fraction of sp³-hybridized carbons (Fsp3) is 1.00. The molecule has 0 aromatic rings. The minimum absolute atomic E-state index is 0.105. The zero-order chi connectivity index (χ0) is 13.4. The van der Waals surface area contributed by atoms with Crippen molar-refractivity contribution in [2.45, 2.75) is 13.8 Å². The number of hydrogen-bond acceptors (Lipinski definition) is 7. The lowest BCUT2D eigenvalue weighted by Crippen LogP contribution is -2.47. The molecule has 0 heterocycles. The van der Waals surface area contributed by atoms with Crippen LogP contribution in [0.1, 0.15) is 13.8 Å². The monoisotopic (exact) mass is 304 g/mol. The maximum absolute atomic E-state index is 5.52. The highest BCUT2D eigenvalue weighted by molar-refractivity contribution is 8.07. The van der Waals surface area contributed by atoms with Gasteiger partial charge in [-0.15, -0.1) is 0 Å². The van der Waals surface area contributed by atoms with Crippen molar-refractivity contribution in [3.05, 3.63) is 0 Å². The van der Waals surface area contributed by atoms with E-state index in [0.29, 0.717) is 13.2 Å². The SMILES string of the molecule is CCOP(=S)(OCC)OC[Si](OC)(OC)OC. The summed E-state index contributed by atoms with van der Waals surface area (Å²) in [4.78, 5) is 0. The molecule has 0 aliphatic heterocycles. The van der Waals surface area contributed by atoms with Crippen LogP contribution in [0.2, 0.25) is 0 Å². The minimum atomic E-state index is -2.81. The van der Waals surface area contributed by atoms with Crippen LogP contribution in [0.3, 0.4) is 0 Å². The topological polar surface area (TPSA) is 55.4 Å². The average molecular weight is 304 g/mol. The third kappa shape index (κ3) is 5.87. The van der Waals surface area contributed by atoms with Crippen LogP contribution < -0.4 is 0 Å². The highest BCUT2D eigenvalue weighted by Gasteiger charge is 2.41. The molecule has 0 aromatic heterocycles. The molecular formula is C8H21O6PSSi. The molecule has 0 rings (SSSR count). The fourth-order valence-corrected chi connectivity index (χ4v) is 5.09. The summed E-state index contributed by atoms with van der Waals surface area (Å²) >= 11 is 5.21. The van der Waals surface area contributed by atoms with Gasteiger partial charge in [0.1, 0.15) is 6.23 Å². The van der Waals surface area contributed by atoms with Crippen molar-refractivity contribution in [1.29, 1.82) is 0 Å². The molecule has 0 aromatic carbocycles. The van der Waals surface area contributed by atoms with Crippen LogP contribution in [0.5, 0.6) is 0 Å². The van der Waals surface area contributed by atoms with Crippen LogP contribution in [-0.2, 0) is 38.7 Å². The smallest absolute Gasteiger partial charge is 0.375 e. The summed E-state index contributed by atoms with van der Waals surface area (Å²) in [5, 5.41) is 0. The van der Waals surface area contributed by atoms with E-state index in [-0.39, 0.29) is 6.23 Å². The first kappa shape index (κ1) is 17.6. The highest BCUT2D eigenvalue weighted by atomic mass is 32.5. The Bertz CT molecular complexity index is 232. The summed E-state index contributed by atoms with van der Waals surface area (Å²) in [5.74, 6) is 0. The molecule has 0 bridgehead atoms. The van der Waals surface area contributed by atoms with Gasteiger partial charge in [0.2, 0.25) is 0 Å². The second-order valence-corrected chi connectivity index (χ2v) is 8.74. The third-order valence-corrected chi connectivity index (χ3v) is 7.06. The standard InChI is InChI=1S/C8H21O6PSSi/c1-6-12-15(16,13-7-2)14-8-17(9-3,10-4)11-5/h6-8H2,1-5H3. The van der Waals surface area contributed by atoms with Crippen LogP contribution in [0.4, 0.5) is 0 Å². The summed E-state index contributed by atoms with van der Waals surface area (Å²) in [6.07, 6.45) is 0.105. The van der Waals surface area contributed by atoms with E-state index < -0.39 is 15.5 Å². The molecule has 0 radical (unpaired) electrons. The molecule has 9 heteroatoms. The average Bonchev–Trinajstić information content (AvgIpc) is 2.32. The molecule has 0 unspecified atom stereocenters. The molecule has 0 saturated carbocycles. The van der Waals surface area contributed by atoms with E-state index in [1.807, 2.05) is 13.8 Å².